The van der Waals surface area contributed by atoms with Gasteiger partial charge in [-0.05, 0) is 17.7 Å². The van der Waals surface area contributed by atoms with Crippen LogP contribution in [0.25, 0.3) is 5.70 Å². The van der Waals surface area contributed by atoms with Gasteiger partial charge in [-0.2, -0.15) is 0 Å². The van der Waals surface area contributed by atoms with Gasteiger partial charge in [0.1, 0.15) is 0 Å². The van der Waals surface area contributed by atoms with Gasteiger partial charge in [0.2, 0.25) is 5.78 Å². The van der Waals surface area contributed by atoms with Crippen molar-refractivity contribution in [2.75, 3.05) is 4.90 Å². The number of alkyl halides is 1. The van der Waals surface area contributed by atoms with Gasteiger partial charge in [0, 0.05) is 17.3 Å². The number of para-hydroxylation sites is 1. The maximum atomic E-state index is 15.9. The van der Waals surface area contributed by atoms with E-state index in [1.54, 1.807) is 54.6 Å². The Morgan fingerprint density at radius 3 is 1.81 bits per heavy atom. The van der Waals surface area contributed by atoms with Gasteiger partial charge in [-0.25, -0.2) is 4.39 Å². The third kappa shape index (κ3) is 2.75. The van der Waals surface area contributed by atoms with Crippen molar-refractivity contribution in [3.05, 3.63) is 108 Å². The van der Waals surface area contributed by atoms with Crippen molar-refractivity contribution in [2.24, 2.45) is 0 Å². The summed E-state index contributed by atoms with van der Waals surface area (Å²) in [5.74, 6) is -1.78. The van der Waals surface area contributed by atoms with E-state index in [-0.39, 0.29) is 5.56 Å². The number of nitrogens with zero attached hydrogens (tertiary/aromatic N) is 1. The zero-order valence-electron chi connectivity index (χ0n) is 14.4. The lowest BCUT2D eigenvalue weighted by Gasteiger charge is -2.36. The number of hydrogen-bond acceptors (Lipinski definition) is 2. The van der Waals surface area contributed by atoms with Gasteiger partial charge in [0.05, 0.1) is 5.70 Å². The molecule has 1 aliphatic rings. The first-order chi connectivity index (χ1) is 13.1. The molecule has 0 N–H and O–H groups in total. The van der Waals surface area contributed by atoms with Crippen LogP contribution >= 0.6 is 0 Å². The highest BCUT2D eigenvalue weighted by molar-refractivity contribution is 6.28. The lowest BCUT2D eigenvalue weighted by molar-refractivity contribution is -0.141. The quantitative estimate of drug-likeness (QED) is 0.647. The second-order valence-electron chi connectivity index (χ2n) is 6.26. The molecule has 3 aromatic rings. The van der Waals surface area contributed by atoms with Crippen molar-refractivity contribution in [1.29, 1.82) is 0 Å². The zero-order chi connectivity index (χ0) is 18.9. The fourth-order valence-corrected chi connectivity index (χ4v) is 3.25. The minimum Gasteiger partial charge on any atom is -0.290 e. The average Bonchev–Trinajstić information content (AvgIpc) is 2.73. The van der Waals surface area contributed by atoms with Crippen molar-refractivity contribution in [2.45, 2.75) is 5.67 Å². The zero-order valence-corrected chi connectivity index (χ0v) is 14.4. The molecule has 0 bridgehead atoms. The molecule has 4 heteroatoms. The number of allylic oxidation sites excluding steroid dienone is 1. The van der Waals surface area contributed by atoms with Gasteiger partial charge >= 0.3 is 0 Å². The normalized spacial score (nSPS) is 19.7. The van der Waals surface area contributed by atoms with Crippen molar-refractivity contribution >= 4 is 23.1 Å². The van der Waals surface area contributed by atoms with E-state index in [1.807, 2.05) is 24.3 Å². The molecule has 0 saturated heterocycles. The summed E-state index contributed by atoms with van der Waals surface area (Å²) in [6, 6.07) is 25.7. The Bertz CT molecular complexity index is 1020. The van der Waals surface area contributed by atoms with Crippen LogP contribution in [0.4, 0.5) is 10.1 Å². The number of halogens is 1. The number of ketones is 1. The Kier molecular flexibility index (Phi) is 4.16. The molecule has 1 aliphatic heterocycles. The summed E-state index contributed by atoms with van der Waals surface area (Å²) in [5, 5.41) is 0. The lowest BCUT2D eigenvalue weighted by Crippen LogP contribution is -2.51. The number of amides is 1. The fraction of sp³-hybridized carbons (Fsp3) is 0.0435. The molecule has 3 nitrogen and oxygen atoms in total. The molecule has 4 rings (SSSR count). The van der Waals surface area contributed by atoms with Crippen LogP contribution in [0.1, 0.15) is 11.1 Å². The molecule has 1 amide bonds. The highest BCUT2D eigenvalue weighted by atomic mass is 19.1. The Morgan fingerprint density at radius 1 is 0.704 bits per heavy atom. The topological polar surface area (TPSA) is 37.4 Å². The van der Waals surface area contributed by atoms with Gasteiger partial charge in [-0.3, -0.25) is 14.5 Å². The smallest absolute Gasteiger partial charge is 0.282 e. The van der Waals surface area contributed by atoms with E-state index in [0.717, 1.165) is 0 Å². The summed E-state index contributed by atoms with van der Waals surface area (Å²) in [7, 11) is 0. The number of hydrogen-bond donors (Lipinski definition) is 0. The van der Waals surface area contributed by atoms with E-state index >= 15 is 4.39 Å². The molecule has 1 heterocycles. The van der Waals surface area contributed by atoms with Crippen LogP contribution in [-0.2, 0) is 15.3 Å². The number of carbonyl (C=O) groups excluding carboxylic acids is 2. The lowest BCUT2D eigenvalue weighted by atomic mass is 9.85. The van der Waals surface area contributed by atoms with E-state index in [9.17, 15) is 9.59 Å². The highest BCUT2D eigenvalue weighted by Crippen LogP contribution is 2.40. The Morgan fingerprint density at radius 2 is 1.22 bits per heavy atom. The molecule has 0 radical (unpaired) electrons. The first-order valence-electron chi connectivity index (χ1n) is 8.58. The molecule has 0 aromatic heterocycles. The molecule has 0 saturated carbocycles. The largest absolute Gasteiger partial charge is 0.290 e. The molecule has 1 unspecified atom stereocenters. The second kappa shape index (κ2) is 6.65. The predicted molar refractivity (Wildman–Crippen MR) is 103 cm³/mol. The average molecular weight is 357 g/mol. The van der Waals surface area contributed by atoms with Crippen molar-refractivity contribution in [3.63, 3.8) is 0 Å². The number of benzene rings is 3. The standard InChI is InChI=1S/C23H16FNO2/c24-23(18-12-6-2-7-13-18)21(26)16-20(17-10-4-1-5-11-17)25(22(23)27)19-14-8-3-9-15-19/h1-16H. The van der Waals surface area contributed by atoms with Gasteiger partial charge in [0.15, 0.2) is 0 Å². The van der Waals surface area contributed by atoms with Crippen LogP contribution in [-0.4, -0.2) is 11.7 Å². The molecule has 132 valence electrons. The van der Waals surface area contributed by atoms with Crippen LogP contribution < -0.4 is 4.90 Å². The van der Waals surface area contributed by atoms with E-state index in [4.69, 9.17) is 0 Å². The van der Waals surface area contributed by atoms with Crippen LogP contribution in [0.3, 0.4) is 0 Å². The monoisotopic (exact) mass is 357 g/mol. The summed E-state index contributed by atoms with van der Waals surface area (Å²) in [6.07, 6.45) is 1.22. The number of anilines is 1. The van der Waals surface area contributed by atoms with Crippen molar-refractivity contribution in [1.82, 2.24) is 0 Å². The fourth-order valence-electron chi connectivity index (χ4n) is 3.25. The first kappa shape index (κ1) is 16.9. The van der Waals surface area contributed by atoms with Gasteiger partial charge in [0.25, 0.3) is 11.6 Å². The first-order valence-corrected chi connectivity index (χ1v) is 8.58. The van der Waals surface area contributed by atoms with Crippen LogP contribution in [0.2, 0.25) is 0 Å². The summed E-state index contributed by atoms with van der Waals surface area (Å²) in [6.45, 7) is 0. The Labute approximate surface area is 156 Å². The summed E-state index contributed by atoms with van der Waals surface area (Å²) >= 11 is 0. The van der Waals surface area contributed by atoms with Gasteiger partial charge < -0.3 is 0 Å². The summed E-state index contributed by atoms with van der Waals surface area (Å²) in [4.78, 5) is 27.4. The minimum absolute atomic E-state index is 0.0318. The van der Waals surface area contributed by atoms with E-state index in [0.29, 0.717) is 16.9 Å². The predicted octanol–water partition coefficient (Wildman–Crippen LogP) is 4.51. The molecule has 0 spiro atoms. The minimum atomic E-state index is -2.75. The molecule has 27 heavy (non-hydrogen) atoms. The number of rotatable bonds is 3. The van der Waals surface area contributed by atoms with Crippen LogP contribution in [0.15, 0.2) is 97.1 Å². The Hall–Kier alpha value is -3.53. The van der Waals surface area contributed by atoms with Crippen LogP contribution in [0.5, 0.6) is 0 Å². The molecule has 3 aromatic carbocycles. The number of carbonyl (C=O) groups is 2. The van der Waals surface area contributed by atoms with E-state index in [1.165, 1.54) is 23.1 Å². The SMILES string of the molecule is O=C1C=C(c2ccccc2)N(c2ccccc2)C(=O)C1(F)c1ccccc1. The van der Waals surface area contributed by atoms with Crippen LogP contribution in [0, 0.1) is 0 Å². The summed E-state index contributed by atoms with van der Waals surface area (Å²) < 4.78 is 15.9. The van der Waals surface area contributed by atoms with Gasteiger partial charge in [-0.1, -0.05) is 78.9 Å². The molecule has 0 fully saturated rings. The molecular formula is C23H16FNO2. The maximum absolute atomic E-state index is 15.9. The van der Waals surface area contributed by atoms with Crippen molar-refractivity contribution < 1.29 is 14.0 Å². The molecule has 1 atom stereocenters. The van der Waals surface area contributed by atoms with Crippen molar-refractivity contribution in [3.8, 4) is 0 Å². The maximum Gasteiger partial charge on any atom is 0.282 e. The highest BCUT2D eigenvalue weighted by Gasteiger charge is 2.53. The van der Waals surface area contributed by atoms with Gasteiger partial charge in [-0.15, -0.1) is 0 Å². The molecule has 0 aliphatic carbocycles. The summed E-state index contributed by atoms with van der Waals surface area (Å²) in [5.41, 5.74) is -1.19. The second-order valence-corrected chi connectivity index (χ2v) is 6.26. The van der Waals surface area contributed by atoms with E-state index in [2.05, 4.69) is 0 Å². The third-order valence-corrected chi connectivity index (χ3v) is 4.60. The molecular weight excluding hydrogens is 341 g/mol. The Balaban J connectivity index is 1.94. The van der Waals surface area contributed by atoms with E-state index < -0.39 is 17.4 Å². The third-order valence-electron chi connectivity index (χ3n) is 4.60.